The Morgan fingerprint density at radius 1 is 1.15 bits per heavy atom. The number of aromatic nitrogens is 1. The maximum atomic E-state index is 12.5. The average Bonchev–Trinajstić information content (AvgIpc) is 2.70. The Labute approximate surface area is 160 Å². The lowest BCUT2D eigenvalue weighted by molar-refractivity contribution is -0.134. The van der Waals surface area contributed by atoms with Crippen molar-refractivity contribution in [2.75, 3.05) is 33.8 Å². The van der Waals surface area contributed by atoms with E-state index in [0.717, 1.165) is 43.1 Å². The van der Waals surface area contributed by atoms with Gasteiger partial charge >= 0.3 is 0 Å². The minimum Gasteiger partial charge on any atom is -0.497 e. The van der Waals surface area contributed by atoms with E-state index in [1.165, 1.54) is 0 Å². The van der Waals surface area contributed by atoms with Gasteiger partial charge in [-0.25, -0.2) is 0 Å². The fraction of sp³-hybridized carbons (Fsp3) is 0.429. The summed E-state index contributed by atoms with van der Waals surface area (Å²) in [5.41, 5.74) is 0.972. The van der Waals surface area contributed by atoms with E-state index in [4.69, 9.17) is 9.47 Å². The fourth-order valence-corrected chi connectivity index (χ4v) is 3.22. The highest BCUT2D eigenvalue weighted by Gasteiger charge is 2.24. The van der Waals surface area contributed by atoms with Gasteiger partial charge in [-0.15, -0.1) is 0 Å². The van der Waals surface area contributed by atoms with Crippen LogP contribution >= 0.6 is 0 Å². The Morgan fingerprint density at radius 2 is 1.85 bits per heavy atom. The molecule has 2 aromatic rings. The average molecular weight is 369 g/mol. The summed E-state index contributed by atoms with van der Waals surface area (Å²) in [7, 11) is 3.60. The van der Waals surface area contributed by atoms with Crippen molar-refractivity contribution in [1.29, 1.82) is 0 Å². The molecule has 144 valence electrons. The SMILES string of the molecule is COc1ccc(OC2CCN(C(=O)CN(C)Cc3ccccn3)CC2)cc1. The van der Waals surface area contributed by atoms with Crippen LogP contribution in [0, 0.1) is 0 Å². The summed E-state index contributed by atoms with van der Waals surface area (Å²) in [6.45, 7) is 2.54. The minimum atomic E-state index is 0.147. The van der Waals surface area contributed by atoms with E-state index in [1.54, 1.807) is 13.3 Å². The second kappa shape index (κ2) is 9.37. The zero-order valence-electron chi connectivity index (χ0n) is 16.0. The molecule has 27 heavy (non-hydrogen) atoms. The molecule has 0 aliphatic carbocycles. The van der Waals surface area contributed by atoms with E-state index >= 15 is 0 Å². The van der Waals surface area contributed by atoms with Gasteiger partial charge in [0.05, 0.1) is 19.3 Å². The lowest BCUT2D eigenvalue weighted by Gasteiger charge is -2.33. The van der Waals surface area contributed by atoms with Crippen LogP contribution in [0.2, 0.25) is 0 Å². The Hall–Kier alpha value is -2.60. The smallest absolute Gasteiger partial charge is 0.236 e. The van der Waals surface area contributed by atoms with Crippen molar-refractivity contribution >= 4 is 5.91 Å². The molecule has 0 atom stereocenters. The summed E-state index contributed by atoms with van der Waals surface area (Å²) in [6, 6.07) is 13.5. The van der Waals surface area contributed by atoms with E-state index in [2.05, 4.69) is 4.98 Å². The third kappa shape index (κ3) is 5.69. The number of hydrogen-bond acceptors (Lipinski definition) is 5. The number of rotatable bonds is 7. The molecule has 1 aromatic carbocycles. The Bertz CT molecular complexity index is 713. The molecule has 0 spiro atoms. The maximum Gasteiger partial charge on any atom is 0.236 e. The number of carbonyl (C=O) groups excluding carboxylic acids is 1. The van der Waals surface area contributed by atoms with Crippen LogP contribution < -0.4 is 9.47 Å². The highest BCUT2D eigenvalue weighted by Crippen LogP contribution is 2.22. The van der Waals surface area contributed by atoms with Gasteiger partial charge in [0.25, 0.3) is 0 Å². The molecule has 0 N–H and O–H groups in total. The van der Waals surface area contributed by atoms with E-state index in [9.17, 15) is 4.79 Å². The fourth-order valence-electron chi connectivity index (χ4n) is 3.22. The lowest BCUT2D eigenvalue weighted by Crippen LogP contribution is -2.45. The first-order valence-electron chi connectivity index (χ1n) is 9.31. The maximum absolute atomic E-state index is 12.5. The monoisotopic (exact) mass is 369 g/mol. The van der Waals surface area contributed by atoms with Gasteiger partial charge in [-0.1, -0.05) is 6.07 Å². The molecular formula is C21H27N3O3. The molecule has 1 aliphatic rings. The Kier molecular flexibility index (Phi) is 6.65. The predicted molar refractivity (Wildman–Crippen MR) is 104 cm³/mol. The first kappa shape index (κ1) is 19.2. The highest BCUT2D eigenvalue weighted by molar-refractivity contribution is 5.78. The summed E-state index contributed by atoms with van der Waals surface area (Å²) >= 11 is 0. The van der Waals surface area contributed by atoms with Crippen molar-refractivity contribution in [2.24, 2.45) is 0 Å². The third-order valence-electron chi connectivity index (χ3n) is 4.72. The summed E-state index contributed by atoms with van der Waals surface area (Å²) in [5.74, 6) is 1.82. The number of hydrogen-bond donors (Lipinski definition) is 0. The first-order valence-corrected chi connectivity index (χ1v) is 9.31. The van der Waals surface area contributed by atoms with E-state index in [0.29, 0.717) is 13.1 Å². The number of amides is 1. The normalized spacial score (nSPS) is 15.0. The first-order chi connectivity index (χ1) is 13.1. The molecule has 1 fully saturated rings. The van der Waals surface area contributed by atoms with Crippen molar-refractivity contribution in [2.45, 2.75) is 25.5 Å². The molecule has 1 amide bonds. The number of piperidine rings is 1. The van der Waals surface area contributed by atoms with Crippen molar-refractivity contribution in [3.8, 4) is 11.5 Å². The van der Waals surface area contributed by atoms with Gasteiger partial charge in [-0.05, 0) is 43.4 Å². The molecule has 0 unspecified atom stereocenters. The molecule has 1 saturated heterocycles. The third-order valence-corrected chi connectivity index (χ3v) is 4.72. The van der Waals surface area contributed by atoms with Gasteiger partial charge in [0, 0.05) is 38.7 Å². The van der Waals surface area contributed by atoms with Crippen LogP contribution in [0.15, 0.2) is 48.7 Å². The zero-order chi connectivity index (χ0) is 19.1. The number of methoxy groups -OCH3 is 1. The number of likely N-dealkylation sites (N-methyl/N-ethyl adjacent to an activating group) is 1. The standard InChI is InChI=1S/C21H27N3O3/c1-23(15-17-5-3-4-12-22-17)16-21(25)24-13-10-20(11-14-24)27-19-8-6-18(26-2)7-9-19/h3-9,12,20H,10-11,13-16H2,1-2H3. The van der Waals surface area contributed by atoms with E-state index in [1.807, 2.05) is 59.3 Å². The number of likely N-dealkylation sites (tertiary alicyclic amines) is 1. The minimum absolute atomic E-state index is 0.147. The predicted octanol–water partition coefficient (Wildman–Crippen LogP) is 2.59. The van der Waals surface area contributed by atoms with Crippen molar-refractivity contribution in [3.05, 3.63) is 54.4 Å². The van der Waals surface area contributed by atoms with Crippen molar-refractivity contribution < 1.29 is 14.3 Å². The van der Waals surface area contributed by atoms with Crippen LogP contribution in [0.4, 0.5) is 0 Å². The number of ether oxygens (including phenoxy) is 2. The second-order valence-corrected chi connectivity index (χ2v) is 6.87. The number of carbonyl (C=O) groups is 1. The van der Waals surface area contributed by atoms with Gasteiger partial charge in [0.15, 0.2) is 0 Å². The highest BCUT2D eigenvalue weighted by atomic mass is 16.5. The van der Waals surface area contributed by atoms with Crippen LogP contribution in [0.25, 0.3) is 0 Å². The molecule has 0 saturated carbocycles. The lowest BCUT2D eigenvalue weighted by atomic mass is 10.1. The number of pyridine rings is 1. The number of benzene rings is 1. The van der Waals surface area contributed by atoms with Crippen LogP contribution in [-0.2, 0) is 11.3 Å². The summed E-state index contributed by atoms with van der Waals surface area (Å²) in [6.07, 6.45) is 3.62. The van der Waals surface area contributed by atoms with Gasteiger partial charge < -0.3 is 14.4 Å². The molecule has 2 heterocycles. The van der Waals surface area contributed by atoms with E-state index in [-0.39, 0.29) is 12.0 Å². The topological polar surface area (TPSA) is 54.9 Å². The zero-order valence-corrected chi connectivity index (χ0v) is 16.0. The summed E-state index contributed by atoms with van der Waals surface area (Å²) < 4.78 is 11.2. The van der Waals surface area contributed by atoms with Crippen molar-refractivity contribution in [1.82, 2.24) is 14.8 Å². The summed E-state index contributed by atoms with van der Waals surface area (Å²) in [4.78, 5) is 20.8. The molecule has 1 aliphatic heterocycles. The second-order valence-electron chi connectivity index (χ2n) is 6.87. The summed E-state index contributed by atoms with van der Waals surface area (Å²) in [5, 5.41) is 0. The molecule has 3 rings (SSSR count). The quantitative estimate of drug-likeness (QED) is 0.751. The molecule has 6 heteroatoms. The Balaban J connectivity index is 1.42. The van der Waals surface area contributed by atoms with Gasteiger partial charge in [-0.2, -0.15) is 0 Å². The Morgan fingerprint density at radius 3 is 2.48 bits per heavy atom. The molecule has 6 nitrogen and oxygen atoms in total. The molecule has 0 bridgehead atoms. The van der Waals surface area contributed by atoms with Crippen LogP contribution in [-0.4, -0.2) is 60.6 Å². The van der Waals surface area contributed by atoms with Crippen LogP contribution in [0.3, 0.4) is 0 Å². The molecule has 0 radical (unpaired) electrons. The van der Waals surface area contributed by atoms with Crippen molar-refractivity contribution in [3.63, 3.8) is 0 Å². The molecular weight excluding hydrogens is 342 g/mol. The van der Waals surface area contributed by atoms with Gasteiger partial charge in [0.1, 0.15) is 17.6 Å². The van der Waals surface area contributed by atoms with Gasteiger partial charge in [-0.3, -0.25) is 14.7 Å². The van der Waals surface area contributed by atoms with Gasteiger partial charge in [0.2, 0.25) is 5.91 Å². The molecule has 1 aromatic heterocycles. The van der Waals surface area contributed by atoms with Crippen LogP contribution in [0.5, 0.6) is 11.5 Å². The van der Waals surface area contributed by atoms with E-state index < -0.39 is 0 Å². The number of nitrogens with zero attached hydrogens (tertiary/aromatic N) is 3. The van der Waals surface area contributed by atoms with Crippen LogP contribution in [0.1, 0.15) is 18.5 Å². The largest absolute Gasteiger partial charge is 0.497 e.